The normalized spacial score (nSPS) is 20.6. The number of aromatic amines is 1. The van der Waals surface area contributed by atoms with Crippen LogP contribution in [0.15, 0.2) is 41.8 Å². The van der Waals surface area contributed by atoms with E-state index in [0.717, 1.165) is 40.2 Å². The van der Waals surface area contributed by atoms with Gasteiger partial charge < -0.3 is 10.6 Å². The molecule has 2 aliphatic heterocycles. The number of nitrogens with two attached hydrogens (primary N) is 1. The van der Waals surface area contributed by atoms with E-state index in [4.69, 9.17) is 10.7 Å². The van der Waals surface area contributed by atoms with E-state index in [1.165, 1.54) is 10.7 Å². The van der Waals surface area contributed by atoms with Gasteiger partial charge in [0.25, 0.3) is 5.91 Å². The number of thiazole rings is 1. The van der Waals surface area contributed by atoms with Crippen LogP contribution >= 0.6 is 11.3 Å². The number of hydrogen-bond donors (Lipinski definition) is 2. The lowest BCUT2D eigenvalue weighted by Crippen LogP contribution is -2.46. The zero-order valence-electron chi connectivity index (χ0n) is 22.2. The van der Waals surface area contributed by atoms with Crippen LogP contribution in [0.2, 0.25) is 0 Å². The van der Waals surface area contributed by atoms with Crippen LogP contribution in [0, 0.1) is 6.92 Å². The van der Waals surface area contributed by atoms with Crippen molar-refractivity contribution in [3.05, 3.63) is 53.2 Å². The third kappa shape index (κ3) is 4.26. The van der Waals surface area contributed by atoms with Gasteiger partial charge in [-0.2, -0.15) is 25.0 Å². The standard InChI is InChI=1S/C26H26N10O3S2/c1-13-9-29-25(40-13)19-6-3-14(10-28-19)18-11-31-36-23(27)22(41(2,38)39)21(32-24(18)36)15-7-16-4-5-17(8-15)35(16)26(37)20-12-30-34-33-20/h3,6,9-12,15-17H,4-5,7-8,27H2,1-2H3,(H,30,33,34)/t15-,16+,17-. The van der Waals surface area contributed by atoms with Gasteiger partial charge in [0.05, 0.1) is 23.8 Å². The lowest BCUT2D eigenvalue weighted by atomic mass is 9.87. The average molecular weight is 591 g/mol. The van der Waals surface area contributed by atoms with Crippen LogP contribution in [0.4, 0.5) is 5.82 Å². The highest BCUT2D eigenvalue weighted by atomic mass is 32.2. The Morgan fingerprint density at radius 2 is 1.88 bits per heavy atom. The number of nitrogens with zero attached hydrogens (tertiary/aromatic N) is 8. The minimum absolute atomic E-state index is 0.00654. The van der Waals surface area contributed by atoms with Crippen molar-refractivity contribution in [3.63, 3.8) is 0 Å². The van der Waals surface area contributed by atoms with Gasteiger partial charge >= 0.3 is 0 Å². The highest BCUT2D eigenvalue weighted by molar-refractivity contribution is 7.91. The molecule has 3 atom stereocenters. The molecule has 5 aromatic heterocycles. The monoisotopic (exact) mass is 590 g/mol. The second kappa shape index (κ2) is 9.41. The Morgan fingerprint density at radius 3 is 2.49 bits per heavy atom. The van der Waals surface area contributed by atoms with Crippen molar-refractivity contribution in [1.29, 1.82) is 0 Å². The van der Waals surface area contributed by atoms with Crippen molar-refractivity contribution in [2.45, 2.75) is 55.5 Å². The van der Waals surface area contributed by atoms with Crippen LogP contribution in [0.25, 0.3) is 27.5 Å². The van der Waals surface area contributed by atoms with Crippen LogP contribution in [-0.2, 0) is 9.84 Å². The van der Waals surface area contributed by atoms with Crippen molar-refractivity contribution in [2.75, 3.05) is 12.0 Å². The highest BCUT2D eigenvalue weighted by Crippen LogP contribution is 2.45. The number of H-pyrrole nitrogens is 1. The van der Waals surface area contributed by atoms with Crippen LogP contribution in [0.1, 0.15) is 52.7 Å². The fourth-order valence-electron chi connectivity index (χ4n) is 6.20. The lowest BCUT2D eigenvalue weighted by Gasteiger charge is -2.38. The maximum absolute atomic E-state index is 13.2. The Labute approximate surface area is 238 Å². The number of carbonyl (C=O) groups is 1. The summed E-state index contributed by atoms with van der Waals surface area (Å²) in [5.74, 6) is -0.352. The highest BCUT2D eigenvalue weighted by Gasteiger charge is 2.46. The number of amides is 1. The Bertz CT molecular complexity index is 1880. The van der Waals surface area contributed by atoms with Gasteiger partial charge in [-0.15, -0.1) is 11.3 Å². The van der Waals surface area contributed by atoms with Gasteiger partial charge in [0.15, 0.2) is 21.2 Å². The summed E-state index contributed by atoms with van der Waals surface area (Å²) < 4.78 is 27.5. The summed E-state index contributed by atoms with van der Waals surface area (Å²) in [7, 11) is -3.74. The molecule has 7 rings (SSSR count). The first-order valence-corrected chi connectivity index (χ1v) is 15.8. The minimum Gasteiger partial charge on any atom is -0.382 e. The number of anilines is 1. The molecule has 7 heterocycles. The van der Waals surface area contributed by atoms with Gasteiger partial charge in [-0.25, -0.2) is 18.4 Å². The summed E-state index contributed by atoms with van der Waals surface area (Å²) in [4.78, 5) is 30.1. The molecule has 0 radical (unpaired) electrons. The molecule has 0 aliphatic carbocycles. The zero-order chi connectivity index (χ0) is 28.5. The number of piperidine rings is 1. The van der Waals surface area contributed by atoms with Crippen LogP contribution in [0.3, 0.4) is 0 Å². The Morgan fingerprint density at radius 1 is 1.10 bits per heavy atom. The molecule has 5 aromatic rings. The molecule has 2 saturated heterocycles. The molecule has 0 unspecified atom stereocenters. The Hall–Kier alpha value is -4.24. The summed E-state index contributed by atoms with van der Waals surface area (Å²) in [6.07, 6.45) is 10.5. The van der Waals surface area contributed by atoms with Crippen molar-refractivity contribution in [3.8, 4) is 21.8 Å². The van der Waals surface area contributed by atoms with E-state index in [-0.39, 0.29) is 40.3 Å². The van der Waals surface area contributed by atoms with Crippen molar-refractivity contribution in [2.24, 2.45) is 0 Å². The summed E-state index contributed by atoms with van der Waals surface area (Å²) in [6, 6.07) is 3.69. The van der Waals surface area contributed by atoms with Crippen molar-refractivity contribution >= 4 is 38.5 Å². The predicted octanol–water partition coefficient (Wildman–Crippen LogP) is 2.88. The maximum Gasteiger partial charge on any atom is 0.276 e. The maximum atomic E-state index is 13.2. The van der Waals surface area contributed by atoms with Gasteiger partial charge in [0.2, 0.25) is 0 Å². The molecule has 2 aliphatic rings. The zero-order valence-corrected chi connectivity index (χ0v) is 23.9. The van der Waals surface area contributed by atoms with Gasteiger partial charge in [0, 0.05) is 52.7 Å². The number of fused-ring (bicyclic) bond motifs is 3. The first-order chi connectivity index (χ1) is 19.7. The van der Waals surface area contributed by atoms with Crippen molar-refractivity contribution in [1.82, 2.24) is 44.9 Å². The van der Waals surface area contributed by atoms with E-state index >= 15 is 0 Å². The van der Waals surface area contributed by atoms with Gasteiger partial charge in [-0.3, -0.25) is 9.78 Å². The number of nitrogens with one attached hydrogen (secondary N) is 1. The quantitative estimate of drug-likeness (QED) is 0.309. The number of aryl methyl sites for hydroxylation is 1. The molecule has 3 N–H and O–H groups in total. The topological polar surface area (TPSA) is 178 Å². The van der Waals surface area contributed by atoms with Crippen LogP contribution in [-0.4, -0.2) is 77.5 Å². The molecule has 0 saturated carbocycles. The number of hydrogen-bond acceptors (Lipinski definition) is 11. The predicted molar refractivity (Wildman–Crippen MR) is 151 cm³/mol. The lowest BCUT2D eigenvalue weighted by molar-refractivity contribution is 0.0562. The molecular weight excluding hydrogens is 564 g/mol. The molecule has 2 fully saturated rings. The fraction of sp³-hybridized carbons (Fsp3) is 0.346. The number of nitrogen functional groups attached to an aromatic ring is 1. The number of aromatic nitrogens is 8. The smallest absolute Gasteiger partial charge is 0.276 e. The number of sulfone groups is 1. The third-order valence-electron chi connectivity index (χ3n) is 7.94. The molecule has 15 heteroatoms. The molecule has 1 amide bonds. The number of pyridine rings is 1. The Balaban J connectivity index is 1.28. The summed E-state index contributed by atoms with van der Waals surface area (Å²) >= 11 is 1.57. The van der Waals surface area contributed by atoms with E-state index in [1.807, 2.05) is 30.2 Å². The third-order valence-corrected chi connectivity index (χ3v) is 10.0. The molecule has 0 spiro atoms. The second-order valence-electron chi connectivity index (χ2n) is 10.6. The SMILES string of the molecule is Cc1cnc(-c2ccc(-c3cnn4c(N)c(S(C)(=O)=O)c([C@H]5C[C@H]6CC[C@@H](C5)N6C(=O)c5cn[nH]n5)nc34)cn2)s1. The van der Waals surface area contributed by atoms with E-state index < -0.39 is 9.84 Å². The van der Waals surface area contributed by atoms with Gasteiger partial charge in [-0.1, -0.05) is 6.07 Å². The summed E-state index contributed by atoms with van der Waals surface area (Å²) in [6.45, 7) is 2.00. The molecule has 41 heavy (non-hydrogen) atoms. The molecule has 2 bridgehead atoms. The van der Waals surface area contributed by atoms with E-state index in [9.17, 15) is 13.2 Å². The average Bonchev–Trinajstić information content (AvgIpc) is 3.74. The van der Waals surface area contributed by atoms with E-state index in [2.05, 4.69) is 30.5 Å². The van der Waals surface area contributed by atoms with Gasteiger partial charge in [-0.05, 0) is 38.7 Å². The molecule has 210 valence electrons. The number of carbonyl (C=O) groups excluding carboxylic acids is 1. The van der Waals surface area contributed by atoms with Crippen LogP contribution in [0.5, 0.6) is 0 Å². The summed E-state index contributed by atoms with van der Waals surface area (Å²) in [5, 5.41) is 15.5. The van der Waals surface area contributed by atoms with E-state index in [0.29, 0.717) is 29.7 Å². The van der Waals surface area contributed by atoms with E-state index in [1.54, 1.807) is 23.7 Å². The first kappa shape index (κ1) is 25.7. The first-order valence-electron chi connectivity index (χ1n) is 13.1. The Kier molecular flexibility index (Phi) is 5.90. The largest absolute Gasteiger partial charge is 0.382 e. The molecular formula is C26H26N10O3S2. The minimum atomic E-state index is -3.74. The van der Waals surface area contributed by atoms with Crippen LogP contribution < -0.4 is 5.73 Å². The summed E-state index contributed by atoms with van der Waals surface area (Å²) in [5.41, 5.74) is 9.88. The molecule has 13 nitrogen and oxygen atoms in total. The second-order valence-corrected chi connectivity index (χ2v) is 13.8. The molecule has 0 aromatic carbocycles. The van der Waals surface area contributed by atoms with Crippen molar-refractivity contribution < 1.29 is 13.2 Å². The van der Waals surface area contributed by atoms with Gasteiger partial charge in [0.1, 0.15) is 15.7 Å². The fourth-order valence-corrected chi connectivity index (χ4v) is 8.00. The number of rotatable bonds is 5.